The van der Waals surface area contributed by atoms with Gasteiger partial charge in [0.1, 0.15) is 12.1 Å². The number of hydrogen-bond donors (Lipinski definition) is 2. The zero-order chi connectivity index (χ0) is 16.5. The highest BCUT2D eigenvalue weighted by molar-refractivity contribution is 5.92. The second-order valence-electron chi connectivity index (χ2n) is 4.73. The molecule has 1 aromatic heterocycles. The van der Waals surface area contributed by atoms with E-state index in [4.69, 9.17) is 11.5 Å². The SMILES string of the molecule is C.CCN1C=CCC(C(N)=O)=C1.CC[n+]1cccc(C(N)=O)c1.[2HH].[H+]. The number of amides is 2. The Labute approximate surface area is 141 Å². The van der Waals surface area contributed by atoms with Gasteiger partial charge in [-0.05, 0) is 32.5 Å². The van der Waals surface area contributed by atoms with Crippen LogP contribution in [0.5, 0.6) is 0 Å². The Hall–Kier alpha value is -2.63. The maximum Gasteiger partial charge on any atom is 1.00 e. The predicted octanol–water partition coefficient (Wildman–Crippen LogP) is 1.68. The maximum absolute atomic E-state index is 10.7. The third kappa shape index (κ3) is 6.78. The van der Waals surface area contributed by atoms with Crippen LogP contribution in [-0.2, 0) is 11.3 Å². The van der Waals surface area contributed by atoms with Crippen LogP contribution in [0.4, 0.5) is 0 Å². The number of allylic oxidation sites excluding steroid dienone is 1. The Balaban J connectivity index is -0.000000346. The van der Waals surface area contributed by atoms with E-state index in [1.54, 1.807) is 18.5 Å². The highest BCUT2D eigenvalue weighted by Crippen LogP contribution is 2.10. The third-order valence-electron chi connectivity index (χ3n) is 3.15. The number of hydrogen-bond acceptors (Lipinski definition) is 3. The van der Waals surface area contributed by atoms with Gasteiger partial charge in [-0.1, -0.05) is 13.5 Å². The van der Waals surface area contributed by atoms with Gasteiger partial charge in [0.05, 0.1) is 0 Å². The van der Waals surface area contributed by atoms with Gasteiger partial charge in [-0.15, -0.1) is 0 Å². The fraction of sp³-hybridized carbons (Fsp3) is 0.353. The minimum Gasteiger partial charge on any atom is -0.366 e. The topological polar surface area (TPSA) is 93.3 Å². The number of aryl methyl sites for hydroxylation is 1. The molecule has 0 aliphatic carbocycles. The quantitative estimate of drug-likeness (QED) is 0.826. The van der Waals surface area contributed by atoms with Gasteiger partial charge in [0.25, 0.3) is 5.91 Å². The summed E-state index contributed by atoms with van der Waals surface area (Å²) in [6, 6.07) is 3.51. The number of primary amides is 2. The zero-order valence-electron chi connectivity index (χ0n) is 14.0. The first-order valence-corrected chi connectivity index (χ1v) is 7.19. The van der Waals surface area contributed by atoms with Gasteiger partial charge in [0.2, 0.25) is 5.91 Å². The van der Waals surface area contributed by atoms with Crippen molar-refractivity contribution in [1.82, 2.24) is 4.90 Å². The van der Waals surface area contributed by atoms with Crippen molar-refractivity contribution in [3.05, 3.63) is 54.1 Å². The zero-order valence-corrected chi connectivity index (χ0v) is 13.0. The molecule has 1 aliphatic rings. The van der Waals surface area contributed by atoms with Gasteiger partial charge in [0, 0.05) is 25.8 Å². The molecule has 0 atom stereocenters. The fourth-order valence-corrected chi connectivity index (χ4v) is 1.84. The van der Waals surface area contributed by atoms with Gasteiger partial charge in [-0.3, -0.25) is 9.59 Å². The molecule has 0 fully saturated rings. The van der Waals surface area contributed by atoms with E-state index < -0.39 is 0 Å². The Kier molecular flexibility index (Phi) is 8.99. The Morgan fingerprint density at radius 1 is 1.35 bits per heavy atom. The predicted molar refractivity (Wildman–Crippen MR) is 94.2 cm³/mol. The number of nitrogens with two attached hydrogens (primary N) is 2. The van der Waals surface area contributed by atoms with Crippen LogP contribution >= 0.6 is 0 Å². The van der Waals surface area contributed by atoms with E-state index in [9.17, 15) is 9.59 Å². The molecule has 0 radical (unpaired) electrons. The highest BCUT2D eigenvalue weighted by Gasteiger charge is 2.07. The number of carbonyl (C=O) groups is 2. The van der Waals surface area contributed by atoms with Crippen molar-refractivity contribution in [2.45, 2.75) is 34.2 Å². The lowest BCUT2D eigenvalue weighted by atomic mass is 10.1. The molecule has 0 spiro atoms. The largest absolute Gasteiger partial charge is 1.00 e. The Morgan fingerprint density at radius 2 is 2.04 bits per heavy atom. The molecule has 0 saturated carbocycles. The number of rotatable bonds is 4. The first-order chi connectivity index (χ1) is 10.5. The second-order valence-corrected chi connectivity index (χ2v) is 4.73. The second kappa shape index (κ2) is 10.2. The minimum absolute atomic E-state index is 0. The average molecular weight is 323 g/mol. The first-order valence-electron chi connectivity index (χ1n) is 7.19. The smallest absolute Gasteiger partial charge is 0.366 e. The third-order valence-corrected chi connectivity index (χ3v) is 3.15. The van der Waals surface area contributed by atoms with Crippen molar-refractivity contribution < 1.29 is 17.0 Å². The van der Waals surface area contributed by atoms with Crippen LogP contribution in [0.2, 0.25) is 0 Å². The summed E-state index contributed by atoms with van der Waals surface area (Å²) < 4.78 is 1.90. The van der Waals surface area contributed by atoms with E-state index in [0.29, 0.717) is 17.6 Å². The summed E-state index contributed by atoms with van der Waals surface area (Å²) in [5.74, 6) is -0.708. The summed E-state index contributed by atoms with van der Waals surface area (Å²) in [5.41, 5.74) is 11.4. The van der Waals surface area contributed by atoms with Crippen LogP contribution in [0.3, 0.4) is 0 Å². The van der Waals surface area contributed by atoms with Gasteiger partial charge < -0.3 is 16.4 Å². The summed E-state index contributed by atoms with van der Waals surface area (Å²) in [4.78, 5) is 23.3. The molecule has 2 rings (SSSR count). The van der Waals surface area contributed by atoms with Gasteiger partial charge in [0.15, 0.2) is 12.4 Å². The molecule has 23 heavy (non-hydrogen) atoms. The van der Waals surface area contributed by atoms with Crippen molar-refractivity contribution in [3.63, 3.8) is 0 Å². The standard InChI is InChI=1S/C8H12N2O.C8H10N2O.CH4.H2/c2*1-2-10-5-3-4-7(6-10)8(9)11;;/h3,5-6H,2,4H2,1H3,(H2,9,11);3-6H,2H2,1H3,(H-,9,11);1H4;1H/p+2/i;;;1+1. The Morgan fingerprint density at radius 3 is 2.57 bits per heavy atom. The average Bonchev–Trinajstić information content (AvgIpc) is 2.55. The maximum atomic E-state index is 10.7. The minimum atomic E-state index is -0.382. The molecule has 0 saturated heterocycles. The van der Waals surface area contributed by atoms with E-state index in [0.717, 1.165) is 13.1 Å². The van der Waals surface area contributed by atoms with Crippen LogP contribution in [0.25, 0.3) is 0 Å². The fourth-order valence-electron chi connectivity index (χ4n) is 1.84. The van der Waals surface area contributed by atoms with Crippen LogP contribution in [0.1, 0.15) is 40.9 Å². The van der Waals surface area contributed by atoms with E-state index >= 15 is 0 Å². The number of pyridine rings is 1. The molecule has 6 heteroatoms. The molecule has 1 aromatic rings. The molecule has 0 unspecified atom stereocenters. The lowest BCUT2D eigenvalue weighted by Crippen LogP contribution is -2.32. The molecule has 0 bridgehead atoms. The number of aromatic nitrogens is 1. The molecule has 6 nitrogen and oxygen atoms in total. The van der Waals surface area contributed by atoms with Crippen LogP contribution in [-0.4, -0.2) is 23.3 Å². The molecular weight excluding hydrogens is 292 g/mol. The lowest BCUT2D eigenvalue weighted by Gasteiger charge is -2.17. The molecule has 128 valence electrons. The monoisotopic (exact) mass is 323 g/mol. The van der Waals surface area contributed by atoms with E-state index in [-0.39, 0.29) is 22.1 Å². The molecule has 0 aromatic carbocycles. The number of carbonyl (C=O) groups excluding carboxylic acids is 2. The lowest BCUT2D eigenvalue weighted by molar-refractivity contribution is -0.693. The van der Waals surface area contributed by atoms with Crippen LogP contribution in [0.15, 0.2) is 48.6 Å². The summed E-state index contributed by atoms with van der Waals surface area (Å²) in [7, 11) is 0. The van der Waals surface area contributed by atoms with E-state index in [1.165, 1.54) is 0 Å². The van der Waals surface area contributed by atoms with E-state index in [2.05, 4.69) is 0 Å². The Bertz CT molecular complexity index is 604. The summed E-state index contributed by atoms with van der Waals surface area (Å²) in [6.45, 7) is 5.74. The molecular formula is C17H30N4O2+2. The van der Waals surface area contributed by atoms with Crippen molar-refractivity contribution in [2.24, 2.45) is 11.5 Å². The normalized spacial score (nSPS) is 12.4. The van der Waals surface area contributed by atoms with Crippen molar-refractivity contribution >= 4 is 11.8 Å². The van der Waals surface area contributed by atoms with Gasteiger partial charge >= 0.3 is 1.43 Å². The summed E-state index contributed by atoms with van der Waals surface area (Å²) in [5, 5.41) is 0. The summed E-state index contributed by atoms with van der Waals surface area (Å²) in [6.07, 6.45) is 9.97. The molecule has 1 aliphatic heterocycles. The summed E-state index contributed by atoms with van der Waals surface area (Å²) >= 11 is 0. The highest BCUT2D eigenvalue weighted by atomic mass is 16.1. The molecule has 2 amide bonds. The molecule has 2 heterocycles. The van der Waals surface area contributed by atoms with Crippen LogP contribution in [0, 0.1) is 0 Å². The molecule has 4 N–H and O–H groups in total. The van der Waals surface area contributed by atoms with Crippen LogP contribution < -0.4 is 16.0 Å². The van der Waals surface area contributed by atoms with Crippen molar-refractivity contribution in [3.8, 4) is 0 Å². The van der Waals surface area contributed by atoms with E-state index in [1.807, 2.05) is 47.9 Å². The van der Waals surface area contributed by atoms with Gasteiger partial charge in [-0.25, -0.2) is 4.57 Å². The van der Waals surface area contributed by atoms with Crippen molar-refractivity contribution in [2.75, 3.05) is 6.54 Å². The number of nitrogens with zero attached hydrogens (tertiary/aromatic N) is 2. The van der Waals surface area contributed by atoms with Crippen molar-refractivity contribution in [1.29, 1.82) is 0 Å². The first kappa shape index (κ1) is 20.4. The van der Waals surface area contributed by atoms with Gasteiger partial charge in [-0.2, -0.15) is 0 Å².